The molecule has 0 fully saturated rings. The molecule has 3 aromatic rings. The Bertz CT molecular complexity index is 747. The summed E-state index contributed by atoms with van der Waals surface area (Å²) < 4.78 is 7.29. The highest BCUT2D eigenvalue weighted by Crippen LogP contribution is 2.25. The lowest BCUT2D eigenvalue weighted by Gasteiger charge is -2.09. The van der Waals surface area contributed by atoms with Crippen molar-refractivity contribution in [2.75, 3.05) is 7.11 Å². The van der Waals surface area contributed by atoms with Crippen LogP contribution in [-0.2, 0) is 5.88 Å². The van der Waals surface area contributed by atoms with Crippen molar-refractivity contribution in [1.82, 2.24) is 9.55 Å². The number of aryl methyl sites for hydroxylation is 1. The normalized spacial score (nSPS) is 10.9. The Morgan fingerprint density at radius 2 is 1.90 bits per heavy atom. The number of methoxy groups -OCH3 is 1. The molecule has 0 bridgehead atoms. The minimum Gasteiger partial charge on any atom is -0.497 e. The van der Waals surface area contributed by atoms with Crippen LogP contribution >= 0.6 is 11.6 Å². The molecule has 0 saturated heterocycles. The molecule has 102 valence electrons. The highest BCUT2D eigenvalue weighted by atomic mass is 35.5. The second kappa shape index (κ2) is 5.17. The van der Waals surface area contributed by atoms with Crippen molar-refractivity contribution in [2.24, 2.45) is 0 Å². The van der Waals surface area contributed by atoms with E-state index in [0.29, 0.717) is 5.88 Å². The summed E-state index contributed by atoms with van der Waals surface area (Å²) in [6.45, 7) is 2.07. The second-order valence-electron chi connectivity index (χ2n) is 4.69. The smallest absolute Gasteiger partial charge is 0.129 e. The van der Waals surface area contributed by atoms with Crippen LogP contribution in [0.1, 0.15) is 11.4 Å². The topological polar surface area (TPSA) is 27.1 Å². The zero-order chi connectivity index (χ0) is 14.1. The highest BCUT2D eigenvalue weighted by molar-refractivity contribution is 6.17. The molecule has 1 heterocycles. The Balaban J connectivity index is 2.24. The molecule has 0 aliphatic carbocycles. The fourth-order valence-corrected chi connectivity index (χ4v) is 2.52. The van der Waals surface area contributed by atoms with E-state index in [9.17, 15) is 0 Å². The minimum absolute atomic E-state index is 0.375. The Kier molecular flexibility index (Phi) is 3.36. The molecule has 3 nitrogen and oxygen atoms in total. The van der Waals surface area contributed by atoms with E-state index in [4.69, 9.17) is 16.3 Å². The van der Waals surface area contributed by atoms with E-state index in [1.165, 1.54) is 5.56 Å². The first-order valence-electron chi connectivity index (χ1n) is 6.41. The predicted octanol–water partition coefficient (Wildman–Crippen LogP) is 4.08. The van der Waals surface area contributed by atoms with Crippen molar-refractivity contribution < 1.29 is 4.74 Å². The molecule has 0 saturated carbocycles. The molecule has 0 spiro atoms. The molecule has 0 unspecified atom stereocenters. The van der Waals surface area contributed by atoms with Gasteiger partial charge in [0.05, 0.1) is 24.0 Å². The van der Waals surface area contributed by atoms with Gasteiger partial charge in [0.15, 0.2) is 0 Å². The van der Waals surface area contributed by atoms with Crippen LogP contribution < -0.4 is 4.74 Å². The van der Waals surface area contributed by atoms with Gasteiger partial charge in [0.1, 0.15) is 11.6 Å². The lowest BCUT2D eigenvalue weighted by Crippen LogP contribution is -1.99. The van der Waals surface area contributed by atoms with Crippen molar-refractivity contribution in [1.29, 1.82) is 0 Å². The summed E-state index contributed by atoms with van der Waals surface area (Å²) in [6, 6.07) is 14.1. The van der Waals surface area contributed by atoms with Gasteiger partial charge in [-0.15, -0.1) is 11.6 Å². The van der Waals surface area contributed by atoms with Gasteiger partial charge >= 0.3 is 0 Å². The molecule has 0 aliphatic rings. The first-order chi connectivity index (χ1) is 9.72. The molecule has 0 aliphatic heterocycles. The summed E-state index contributed by atoms with van der Waals surface area (Å²) in [5, 5.41) is 0. The number of rotatable bonds is 3. The maximum atomic E-state index is 6.04. The number of benzene rings is 2. The SMILES string of the molecule is COc1ccc(-n2c(CCl)nc3ccc(C)cc32)cc1. The number of ether oxygens (including phenoxy) is 1. The number of nitrogens with zero attached hydrogens (tertiary/aromatic N) is 2. The second-order valence-corrected chi connectivity index (χ2v) is 4.95. The van der Waals surface area contributed by atoms with E-state index in [1.807, 2.05) is 30.3 Å². The summed E-state index contributed by atoms with van der Waals surface area (Å²) in [7, 11) is 1.66. The largest absolute Gasteiger partial charge is 0.497 e. The van der Waals surface area contributed by atoms with Crippen molar-refractivity contribution in [3.05, 3.63) is 53.9 Å². The number of hydrogen-bond acceptors (Lipinski definition) is 2. The third-order valence-corrected chi connectivity index (χ3v) is 3.57. The molecule has 2 aromatic carbocycles. The molecule has 1 aromatic heterocycles. The van der Waals surface area contributed by atoms with Crippen LogP contribution in [0.2, 0.25) is 0 Å². The standard InChI is InChI=1S/C16H15ClN2O/c1-11-3-8-14-15(9-11)19(16(10-17)18-14)12-4-6-13(20-2)7-5-12/h3-9H,10H2,1-2H3. The fraction of sp³-hybridized carbons (Fsp3) is 0.188. The number of fused-ring (bicyclic) bond motifs is 1. The lowest BCUT2D eigenvalue weighted by molar-refractivity contribution is 0.414. The van der Waals surface area contributed by atoms with Crippen molar-refractivity contribution >= 4 is 22.6 Å². The van der Waals surface area contributed by atoms with Crippen LogP contribution in [-0.4, -0.2) is 16.7 Å². The maximum absolute atomic E-state index is 6.04. The van der Waals surface area contributed by atoms with Gasteiger partial charge in [-0.1, -0.05) is 6.07 Å². The van der Waals surface area contributed by atoms with Gasteiger partial charge in [-0.25, -0.2) is 4.98 Å². The summed E-state index contributed by atoms with van der Waals surface area (Å²) in [5.74, 6) is 2.05. The Labute approximate surface area is 122 Å². The van der Waals surface area contributed by atoms with Crippen LogP contribution in [0.25, 0.3) is 16.7 Å². The molecule has 0 N–H and O–H groups in total. The quantitative estimate of drug-likeness (QED) is 0.678. The van der Waals surface area contributed by atoms with E-state index in [-0.39, 0.29) is 0 Å². The number of aromatic nitrogens is 2. The van der Waals surface area contributed by atoms with Crippen LogP contribution in [0.3, 0.4) is 0 Å². The lowest BCUT2D eigenvalue weighted by atomic mass is 10.2. The maximum Gasteiger partial charge on any atom is 0.129 e. The first kappa shape index (κ1) is 13.0. The molecule has 0 amide bonds. The zero-order valence-corrected chi connectivity index (χ0v) is 12.2. The van der Waals surface area contributed by atoms with Crippen LogP contribution in [0.15, 0.2) is 42.5 Å². The van der Waals surface area contributed by atoms with Crippen LogP contribution in [0.4, 0.5) is 0 Å². The van der Waals surface area contributed by atoms with Crippen molar-refractivity contribution in [3.63, 3.8) is 0 Å². The van der Waals surface area contributed by atoms with Crippen molar-refractivity contribution in [2.45, 2.75) is 12.8 Å². The highest BCUT2D eigenvalue weighted by Gasteiger charge is 2.11. The van der Waals surface area contributed by atoms with Gasteiger partial charge in [0.2, 0.25) is 0 Å². The van der Waals surface area contributed by atoms with Crippen molar-refractivity contribution in [3.8, 4) is 11.4 Å². The molecule has 20 heavy (non-hydrogen) atoms. The molecule has 3 rings (SSSR count). The molecule has 4 heteroatoms. The van der Waals surface area contributed by atoms with Gasteiger partial charge in [0.25, 0.3) is 0 Å². The van der Waals surface area contributed by atoms with Gasteiger partial charge in [-0.3, -0.25) is 4.57 Å². The van der Waals surface area contributed by atoms with E-state index >= 15 is 0 Å². The van der Waals surface area contributed by atoms with Gasteiger partial charge in [0, 0.05) is 5.69 Å². The van der Waals surface area contributed by atoms with E-state index in [2.05, 4.69) is 28.6 Å². The third-order valence-electron chi connectivity index (χ3n) is 3.33. The molecule has 0 atom stereocenters. The van der Waals surface area contributed by atoms with E-state index in [0.717, 1.165) is 28.3 Å². The summed E-state index contributed by atoms with van der Waals surface area (Å²) in [6.07, 6.45) is 0. The molecular formula is C16H15ClN2O. The number of alkyl halides is 1. The van der Waals surface area contributed by atoms with Crippen LogP contribution in [0.5, 0.6) is 5.75 Å². The predicted molar refractivity (Wildman–Crippen MR) is 81.9 cm³/mol. The number of hydrogen-bond donors (Lipinski definition) is 0. The Hall–Kier alpha value is -2.00. The van der Waals surface area contributed by atoms with Gasteiger partial charge < -0.3 is 4.74 Å². The summed E-state index contributed by atoms with van der Waals surface area (Å²) in [5.41, 5.74) is 4.27. The summed E-state index contributed by atoms with van der Waals surface area (Å²) in [4.78, 5) is 4.59. The van der Waals surface area contributed by atoms with Crippen LogP contribution in [0, 0.1) is 6.92 Å². The zero-order valence-electron chi connectivity index (χ0n) is 11.4. The first-order valence-corrected chi connectivity index (χ1v) is 6.95. The number of halogens is 1. The monoisotopic (exact) mass is 286 g/mol. The minimum atomic E-state index is 0.375. The molecule has 0 radical (unpaired) electrons. The average molecular weight is 287 g/mol. The number of imidazole rings is 1. The Morgan fingerprint density at radius 3 is 2.55 bits per heavy atom. The van der Waals surface area contributed by atoms with E-state index < -0.39 is 0 Å². The van der Waals surface area contributed by atoms with Gasteiger partial charge in [-0.05, 0) is 48.9 Å². The summed E-state index contributed by atoms with van der Waals surface area (Å²) >= 11 is 6.04. The Morgan fingerprint density at radius 1 is 1.15 bits per heavy atom. The fourth-order valence-electron chi connectivity index (χ4n) is 2.34. The van der Waals surface area contributed by atoms with E-state index in [1.54, 1.807) is 7.11 Å². The third kappa shape index (κ3) is 2.14. The van der Waals surface area contributed by atoms with Gasteiger partial charge in [-0.2, -0.15) is 0 Å². The average Bonchev–Trinajstić information content (AvgIpc) is 2.85. The molecular weight excluding hydrogens is 272 g/mol.